The first-order valence-corrected chi connectivity index (χ1v) is 3.93. The molecule has 0 rings (SSSR count). The molecule has 0 aromatic carbocycles. The van der Waals surface area contributed by atoms with Crippen molar-refractivity contribution in [1.82, 2.24) is 5.32 Å². The molecule has 14 heavy (non-hydrogen) atoms. The molecule has 0 heterocycles. The molecule has 0 bridgehead atoms. The van der Waals surface area contributed by atoms with E-state index in [9.17, 15) is 22.8 Å². The second-order valence-electron chi connectivity index (χ2n) is 2.69. The zero-order valence-corrected chi connectivity index (χ0v) is 7.52. The maximum Gasteiger partial charge on any atom is 0.324 e. The van der Waals surface area contributed by atoms with Crippen molar-refractivity contribution in [3.05, 3.63) is 0 Å². The van der Waals surface area contributed by atoms with Crippen molar-refractivity contribution in [2.45, 2.75) is 32.0 Å². The van der Waals surface area contributed by atoms with E-state index in [2.05, 4.69) is 5.73 Å². The lowest BCUT2D eigenvalue weighted by Crippen LogP contribution is -2.48. The fourth-order valence-corrected chi connectivity index (χ4v) is 0.719. The monoisotopic (exact) mass is 212 g/mol. The Morgan fingerprint density at radius 3 is 2.36 bits per heavy atom. The Hall–Kier alpha value is -1.27. The fourth-order valence-electron chi connectivity index (χ4n) is 0.719. The molecule has 0 spiro atoms. The highest BCUT2D eigenvalue weighted by molar-refractivity contribution is 5.88. The molecule has 0 aliphatic heterocycles. The molecule has 3 N–H and O–H groups in total. The molecule has 0 saturated carbocycles. The molecule has 4 nitrogen and oxygen atoms in total. The van der Waals surface area contributed by atoms with Gasteiger partial charge in [0.2, 0.25) is 0 Å². The molecular formula is C7H11F3N2O2. The summed E-state index contributed by atoms with van der Waals surface area (Å²) in [6.45, 7) is 1.45. The number of rotatable bonds is 5. The van der Waals surface area contributed by atoms with E-state index in [-0.39, 0.29) is 6.42 Å². The van der Waals surface area contributed by atoms with Crippen LogP contribution in [0.1, 0.15) is 19.8 Å². The highest BCUT2D eigenvalue weighted by atomic mass is 19.3. The molecule has 0 aliphatic carbocycles. The second-order valence-corrected chi connectivity index (χ2v) is 2.69. The average Bonchev–Trinajstić information content (AvgIpc) is 2.03. The number of amides is 2. The summed E-state index contributed by atoms with van der Waals surface area (Å²) in [4.78, 5) is 20.8. The summed E-state index contributed by atoms with van der Waals surface area (Å²) in [5.41, 5.74) is 4.43. The van der Waals surface area contributed by atoms with Crippen LogP contribution in [0.15, 0.2) is 0 Å². The van der Waals surface area contributed by atoms with Crippen molar-refractivity contribution < 1.29 is 22.8 Å². The van der Waals surface area contributed by atoms with Crippen molar-refractivity contribution >= 4 is 11.8 Å². The largest absolute Gasteiger partial charge is 0.365 e. The average molecular weight is 212 g/mol. The smallest absolute Gasteiger partial charge is 0.324 e. The minimum absolute atomic E-state index is 0.0634. The van der Waals surface area contributed by atoms with Crippen molar-refractivity contribution in [1.29, 1.82) is 0 Å². The van der Waals surface area contributed by atoms with Crippen LogP contribution in [-0.4, -0.2) is 24.0 Å². The van der Waals surface area contributed by atoms with Gasteiger partial charge in [-0.25, -0.2) is 4.39 Å². The van der Waals surface area contributed by atoms with Gasteiger partial charge < -0.3 is 11.1 Å². The van der Waals surface area contributed by atoms with E-state index in [4.69, 9.17) is 0 Å². The number of carbonyl (C=O) groups excluding carboxylic acids is 2. The summed E-state index contributed by atoms with van der Waals surface area (Å²) in [5.74, 6) is -7.01. The number of nitrogens with one attached hydrogen (secondary N) is 1. The van der Waals surface area contributed by atoms with Crippen LogP contribution in [0.2, 0.25) is 0 Å². The number of primary amides is 1. The topological polar surface area (TPSA) is 72.2 Å². The summed E-state index contributed by atoms with van der Waals surface area (Å²) < 4.78 is 37.8. The van der Waals surface area contributed by atoms with E-state index in [1.165, 1.54) is 12.2 Å². The third kappa shape index (κ3) is 3.63. The Balaban J connectivity index is 4.26. The van der Waals surface area contributed by atoms with Gasteiger partial charge in [0.15, 0.2) is 0 Å². The van der Waals surface area contributed by atoms with Gasteiger partial charge in [-0.15, -0.1) is 0 Å². The lowest BCUT2D eigenvalue weighted by Gasteiger charge is -2.15. The standard InChI is InChI=1S/C7H11F3N2O2/c1-2-3-7(9,10)6(14)12-4(8)5(11)13/h4H,2-3H2,1H3,(H2,11,13)(H,12,14). The molecule has 1 unspecified atom stereocenters. The van der Waals surface area contributed by atoms with E-state index in [0.717, 1.165) is 0 Å². The van der Waals surface area contributed by atoms with Gasteiger partial charge in [0.25, 0.3) is 18.1 Å². The quantitative estimate of drug-likeness (QED) is 0.644. The predicted octanol–water partition coefficient (Wildman–Crippen LogP) is 0.319. The minimum atomic E-state index is -3.67. The lowest BCUT2D eigenvalue weighted by molar-refractivity contribution is -0.150. The van der Waals surface area contributed by atoms with Gasteiger partial charge in [0.05, 0.1) is 0 Å². The lowest BCUT2D eigenvalue weighted by atomic mass is 10.2. The van der Waals surface area contributed by atoms with Gasteiger partial charge in [-0.05, 0) is 6.42 Å². The van der Waals surface area contributed by atoms with E-state index in [0.29, 0.717) is 0 Å². The van der Waals surface area contributed by atoms with Crippen LogP contribution in [0.3, 0.4) is 0 Å². The Kier molecular flexibility index (Phi) is 4.39. The third-order valence-corrected chi connectivity index (χ3v) is 1.40. The summed E-state index contributed by atoms with van der Waals surface area (Å²) in [5, 5.41) is 1.17. The maximum absolute atomic E-state index is 12.7. The number of nitrogens with two attached hydrogens (primary N) is 1. The molecule has 0 saturated heterocycles. The maximum atomic E-state index is 12.7. The Bertz CT molecular complexity index is 233. The molecule has 0 aliphatic rings. The zero-order valence-electron chi connectivity index (χ0n) is 7.52. The van der Waals surface area contributed by atoms with Gasteiger partial charge in [-0.3, -0.25) is 9.59 Å². The van der Waals surface area contributed by atoms with E-state index >= 15 is 0 Å². The number of alkyl halides is 3. The Morgan fingerprint density at radius 2 is 2.00 bits per heavy atom. The first kappa shape index (κ1) is 12.7. The molecule has 2 amide bonds. The van der Waals surface area contributed by atoms with Gasteiger partial charge in [0, 0.05) is 6.42 Å². The first-order valence-electron chi connectivity index (χ1n) is 3.93. The molecule has 0 radical (unpaired) electrons. The summed E-state index contributed by atoms with van der Waals surface area (Å²) in [6, 6.07) is 0. The van der Waals surface area contributed by atoms with Crippen molar-refractivity contribution in [3.63, 3.8) is 0 Å². The van der Waals surface area contributed by atoms with Crippen molar-refractivity contribution in [2.24, 2.45) is 5.73 Å². The number of carbonyl (C=O) groups is 2. The molecule has 0 fully saturated rings. The highest BCUT2D eigenvalue weighted by Crippen LogP contribution is 2.20. The Morgan fingerprint density at radius 1 is 1.50 bits per heavy atom. The molecule has 7 heteroatoms. The summed E-state index contributed by atoms with van der Waals surface area (Å²) in [7, 11) is 0. The van der Waals surface area contributed by atoms with Crippen molar-refractivity contribution in [2.75, 3.05) is 0 Å². The van der Waals surface area contributed by atoms with Crippen LogP contribution in [0, 0.1) is 0 Å². The van der Waals surface area contributed by atoms with E-state index in [1.807, 2.05) is 0 Å². The SMILES string of the molecule is CCCC(F)(F)C(=O)NC(F)C(N)=O. The van der Waals surface area contributed by atoms with Crippen LogP contribution >= 0.6 is 0 Å². The zero-order chi connectivity index (χ0) is 11.4. The van der Waals surface area contributed by atoms with Gasteiger partial charge in [-0.1, -0.05) is 6.92 Å². The van der Waals surface area contributed by atoms with Crippen LogP contribution in [0.4, 0.5) is 13.2 Å². The Labute approximate surface area is 78.6 Å². The first-order chi connectivity index (χ1) is 6.31. The van der Waals surface area contributed by atoms with Crippen LogP contribution < -0.4 is 11.1 Å². The van der Waals surface area contributed by atoms with E-state index < -0.39 is 30.5 Å². The molecule has 1 atom stereocenters. The van der Waals surface area contributed by atoms with Gasteiger partial charge >= 0.3 is 5.92 Å². The van der Waals surface area contributed by atoms with Crippen LogP contribution in [-0.2, 0) is 9.59 Å². The number of hydrogen-bond donors (Lipinski definition) is 2. The van der Waals surface area contributed by atoms with Crippen LogP contribution in [0.25, 0.3) is 0 Å². The van der Waals surface area contributed by atoms with E-state index in [1.54, 1.807) is 0 Å². The highest BCUT2D eigenvalue weighted by Gasteiger charge is 2.39. The van der Waals surface area contributed by atoms with Crippen molar-refractivity contribution in [3.8, 4) is 0 Å². The summed E-state index contributed by atoms with van der Waals surface area (Å²) >= 11 is 0. The normalized spacial score (nSPS) is 13.4. The number of hydrogen-bond acceptors (Lipinski definition) is 2. The molecular weight excluding hydrogens is 201 g/mol. The van der Waals surface area contributed by atoms with Gasteiger partial charge in [0.1, 0.15) is 0 Å². The third-order valence-electron chi connectivity index (χ3n) is 1.40. The second kappa shape index (κ2) is 4.83. The number of halogens is 3. The molecule has 82 valence electrons. The van der Waals surface area contributed by atoms with Gasteiger partial charge in [-0.2, -0.15) is 8.78 Å². The minimum Gasteiger partial charge on any atom is -0.365 e. The summed E-state index contributed by atoms with van der Waals surface area (Å²) in [6.07, 6.45) is -3.22. The predicted molar refractivity (Wildman–Crippen MR) is 42.1 cm³/mol. The fraction of sp³-hybridized carbons (Fsp3) is 0.714. The van der Waals surface area contributed by atoms with Crippen LogP contribution in [0.5, 0.6) is 0 Å². The molecule has 0 aromatic heterocycles. The molecule has 0 aromatic rings.